The van der Waals surface area contributed by atoms with Crippen molar-refractivity contribution in [3.8, 4) is 5.75 Å². The van der Waals surface area contributed by atoms with Crippen molar-refractivity contribution < 1.29 is 14.6 Å². The third kappa shape index (κ3) is 3.38. The van der Waals surface area contributed by atoms with E-state index in [0.717, 1.165) is 30.7 Å². The van der Waals surface area contributed by atoms with Crippen molar-refractivity contribution in [3.63, 3.8) is 0 Å². The minimum absolute atomic E-state index is 0.0316. The summed E-state index contributed by atoms with van der Waals surface area (Å²) < 4.78 is 5.08. The first kappa shape index (κ1) is 13.7. The second kappa shape index (κ2) is 6.43. The Kier molecular flexibility index (Phi) is 4.63. The number of hydrogen-bond donors (Lipinski definition) is 2. The molecule has 2 N–H and O–H groups in total. The van der Waals surface area contributed by atoms with Crippen molar-refractivity contribution in [2.75, 3.05) is 20.3 Å². The third-order valence-electron chi connectivity index (χ3n) is 3.45. The first-order valence-electron chi connectivity index (χ1n) is 6.53. The minimum atomic E-state index is -0.104. The Balaban J connectivity index is 1.85. The molecule has 0 spiro atoms. The summed E-state index contributed by atoms with van der Waals surface area (Å²) in [5, 5.41) is 12.1. The van der Waals surface area contributed by atoms with Crippen LogP contribution in [0.15, 0.2) is 24.3 Å². The van der Waals surface area contributed by atoms with Crippen LogP contribution in [0.1, 0.15) is 18.4 Å². The van der Waals surface area contributed by atoms with Gasteiger partial charge in [-0.3, -0.25) is 0 Å². The van der Waals surface area contributed by atoms with Crippen LogP contribution < -0.4 is 10.1 Å². The number of ether oxygens (including phenoxy) is 1. The molecule has 1 aliphatic rings. The quantitative estimate of drug-likeness (QED) is 0.863. The van der Waals surface area contributed by atoms with Gasteiger partial charge in [-0.25, -0.2) is 4.79 Å². The molecule has 1 aromatic rings. The lowest BCUT2D eigenvalue weighted by Crippen LogP contribution is -2.43. The molecule has 1 fully saturated rings. The topological polar surface area (TPSA) is 61.8 Å². The van der Waals surface area contributed by atoms with E-state index in [1.165, 1.54) is 0 Å². The molecule has 5 heteroatoms. The molecule has 104 valence electrons. The lowest BCUT2D eigenvalue weighted by Gasteiger charge is -2.23. The van der Waals surface area contributed by atoms with Gasteiger partial charge >= 0.3 is 6.03 Å². The van der Waals surface area contributed by atoms with Crippen molar-refractivity contribution in [1.29, 1.82) is 0 Å². The van der Waals surface area contributed by atoms with Gasteiger partial charge in [-0.1, -0.05) is 12.1 Å². The average molecular weight is 264 g/mol. The first-order valence-corrected chi connectivity index (χ1v) is 6.53. The van der Waals surface area contributed by atoms with E-state index in [-0.39, 0.29) is 18.7 Å². The van der Waals surface area contributed by atoms with Crippen molar-refractivity contribution in [2.24, 2.45) is 0 Å². The Hall–Kier alpha value is -1.75. The van der Waals surface area contributed by atoms with Gasteiger partial charge in [0.2, 0.25) is 0 Å². The van der Waals surface area contributed by atoms with Gasteiger partial charge in [0.05, 0.1) is 19.8 Å². The summed E-state index contributed by atoms with van der Waals surface area (Å²) in [6.07, 6.45) is 1.84. The van der Waals surface area contributed by atoms with Crippen LogP contribution in [0.3, 0.4) is 0 Å². The summed E-state index contributed by atoms with van der Waals surface area (Å²) in [5.74, 6) is 0.801. The Morgan fingerprint density at radius 1 is 1.47 bits per heavy atom. The maximum absolute atomic E-state index is 12.0. The molecule has 1 heterocycles. The van der Waals surface area contributed by atoms with Gasteiger partial charge in [0, 0.05) is 13.1 Å². The summed E-state index contributed by atoms with van der Waals surface area (Å²) in [4.78, 5) is 13.7. The summed E-state index contributed by atoms with van der Waals surface area (Å²) in [6.45, 7) is 1.24. The Morgan fingerprint density at radius 2 is 2.21 bits per heavy atom. The SMILES string of the molecule is COc1ccc(CNC(=O)N2CCC[C@H]2CO)cc1. The number of urea groups is 1. The van der Waals surface area contributed by atoms with Crippen LogP contribution in [0.2, 0.25) is 0 Å². The predicted molar refractivity (Wildman–Crippen MR) is 72.0 cm³/mol. The van der Waals surface area contributed by atoms with Crippen LogP contribution in [-0.2, 0) is 6.54 Å². The Morgan fingerprint density at radius 3 is 2.84 bits per heavy atom. The third-order valence-corrected chi connectivity index (χ3v) is 3.45. The van der Waals surface area contributed by atoms with Crippen LogP contribution in [-0.4, -0.2) is 42.3 Å². The van der Waals surface area contributed by atoms with Gasteiger partial charge in [0.15, 0.2) is 0 Å². The fourth-order valence-electron chi connectivity index (χ4n) is 2.32. The molecule has 0 bridgehead atoms. The predicted octanol–water partition coefficient (Wildman–Crippen LogP) is 1.36. The first-order chi connectivity index (χ1) is 9.24. The fraction of sp³-hybridized carbons (Fsp3) is 0.500. The lowest BCUT2D eigenvalue weighted by molar-refractivity contribution is 0.157. The molecular weight excluding hydrogens is 244 g/mol. The maximum atomic E-state index is 12.0. The number of hydrogen-bond acceptors (Lipinski definition) is 3. The summed E-state index contributed by atoms with van der Waals surface area (Å²) in [7, 11) is 1.62. The lowest BCUT2D eigenvalue weighted by atomic mass is 10.2. The summed E-state index contributed by atoms with van der Waals surface area (Å²) in [5.41, 5.74) is 1.02. The molecule has 1 atom stereocenters. The second-order valence-corrected chi connectivity index (χ2v) is 4.68. The largest absolute Gasteiger partial charge is 0.497 e. The fourth-order valence-corrected chi connectivity index (χ4v) is 2.32. The summed E-state index contributed by atoms with van der Waals surface area (Å²) in [6, 6.07) is 7.45. The number of methoxy groups -OCH3 is 1. The number of carbonyl (C=O) groups excluding carboxylic acids is 1. The smallest absolute Gasteiger partial charge is 0.317 e. The minimum Gasteiger partial charge on any atom is -0.497 e. The van der Waals surface area contributed by atoms with E-state index in [1.807, 2.05) is 24.3 Å². The molecule has 0 aliphatic carbocycles. The normalized spacial score (nSPS) is 18.4. The van der Waals surface area contributed by atoms with Gasteiger partial charge in [-0.15, -0.1) is 0 Å². The van der Waals surface area contributed by atoms with Crippen molar-refractivity contribution in [2.45, 2.75) is 25.4 Å². The number of aliphatic hydroxyl groups is 1. The van der Waals surface area contributed by atoms with E-state index >= 15 is 0 Å². The highest BCUT2D eigenvalue weighted by Gasteiger charge is 2.27. The monoisotopic (exact) mass is 264 g/mol. The molecule has 1 aromatic carbocycles. The number of aliphatic hydroxyl groups excluding tert-OH is 1. The molecular formula is C14H20N2O3. The van der Waals surface area contributed by atoms with Gasteiger partial charge in [-0.05, 0) is 30.5 Å². The zero-order valence-corrected chi connectivity index (χ0v) is 11.1. The Labute approximate surface area is 113 Å². The molecule has 0 aromatic heterocycles. The van der Waals surface area contributed by atoms with Crippen LogP contribution in [0, 0.1) is 0 Å². The molecule has 1 saturated heterocycles. The van der Waals surface area contributed by atoms with Crippen molar-refractivity contribution in [3.05, 3.63) is 29.8 Å². The molecule has 2 rings (SSSR count). The highest BCUT2D eigenvalue weighted by Crippen LogP contribution is 2.17. The maximum Gasteiger partial charge on any atom is 0.317 e. The number of rotatable bonds is 4. The molecule has 19 heavy (non-hydrogen) atoms. The number of amides is 2. The molecule has 0 saturated carbocycles. The average Bonchev–Trinajstić information content (AvgIpc) is 2.93. The van der Waals surface area contributed by atoms with Crippen molar-refractivity contribution >= 4 is 6.03 Å². The molecule has 2 amide bonds. The van der Waals surface area contributed by atoms with Gasteiger partial charge in [0.1, 0.15) is 5.75 Å². The van der Waals surface area contributed by atoms with Gasteiger partial charge < -0.3 is 20.1 Å². The van der Waals surface area contributed by atoms with Crippen LogP contribution >= 0.6 is 0 Å². The Bertz CT molecular complexity index is 419. The van der Waals surface area contributed by atoms with Gasteiger partial charge in [-0.2, -0.15) is 0 Å². The number of nitrogens with zero attached hydrogens (tertiary/aromatic N) is 1. The van der Waals surface area contributed by atoms with E-state index in [0.29, 0.717) is 6.54 Å². The van der Waals surface area contributed by atoms with Crippen LogP contribution in [0.25, 0.3) is 0 Å². The summed E-state index contributed by atoms with van der Waals surface area (Å²) >= 11 is 0. The number of nitrogens with one attached hydrogen (secondary N) is 1. The van der Waals surface area contributed by atoms with E-state index < -0.39 is 0 Å². The molecule has 1 aliphatic heterocycles. The number of likely N-dealkylation sites (tertiary alicyclic amines) is 1. The van der Waals surface area contributed by atoms with Gasteiger partial charge in [0.25, 0.3) is 0 Å². The van der Waals surface area contributed by atoms with E-state index in [4.69, 9.17) is 4.74 Å². The molecule has 0 radical (unpaired) electrons. The van der Waals surface area contributed by atoms with Crippen molar-refractivity contribution in [1.82, 2.24) is 10.2 Å². The molecule has 0 unspecified atom stereocenters. The zero-order chi connectivity index (χ0) is 13.7. The highest BCUT2D eigenvalue weighted by atomic mass is 16.5. The highest BCUT2D eigenvalue weighted by molar-refractivity contribution is 5.74. The zero-order valence-electron chi connectivity index (χ0n) is 11.1. The number of benzene rings is 1. The van der Waals surface area contributed by atoms with E-state index in [2.05, 4.69) is 5.32 Å². The second-order valence-electron chi connectivity index (χ2n) is 4.68. The van der Waals surface area contributed by atoms with E-state index in [9.17, 15) is 9.90 Å². The number of carbonyl (C=O) groups is 1. The van der Waals surface area contributed by atoms with Crippen LogP contribution in [0.4, 0.5) is 4.79 Å². The molecule has 5 nitrogen and oxygen atoms in total. The standard InChI is InChI=1S/C14H20N2O3/c1-19-13-6-4-11(5-7-13)9-15-14(18)16-8-2-3-12(16)10-17/h4-7,12,17H,2-3,8-10H2,1H3,(H,15,18)/t12-/m0/s1. The van der Waals surface area contributed by atoms with E-state index in [1.54, 1.807) is 12.0 Å². The van der Waals surface area contributed by atoms with Crippen LogP contribution in [0.5, 0.6) is 5.75 Å².